The van der Waals surface area contributed by atoms with E-state index in [4.69, 9.17) is 9.84 Å². The largest absolute Gasteiger partial charge is 0.491 e. The summed E-state index contributed by atoms with van der Waals surface area (Å²) in [6, 6.07) is 16.8. The Labute approximate surface area is 179 Å². The molecule has 0 heterocycles. The molecule has 158 valence electrons. The molecule has 5 heteroatoms. The molecule has 1 unspecified atom stereocenters. The van der Waals surface area contributed by atoms with Gasteiger partial charge in [-0.05, 0) is 48.2 Å². The number of carbonyl (C=O) groups is 1. The molecule has 0 amide bonds. The average Bonchev–Trinajstić information content (AvgIpc) is 2.68. The van der Waals surface area contributed by atoms with Gasteiger partial charge in [0.25, 0.3) is 0 Å². The number of aliphatic carboxylic acids is 1. The highest BCUT2D eigenvalue weighted by atomic mass is 32.2. The van der Waals surface area contributed by atoms with Crippen molar-refractivity contribution in [3.8, 4) is 5.75 Å². The van der Waals surface area contributed by atoms with Crippen molar-refractivity contribution in [2.75, 3.05) is 19.7 Å². The van der Waals surface area contributed by atoms with E-state index in [0.717, 1.165) is 17.1 Å². The minimum atomic E-state index is -0.806. The fourth-order valence-corrected chi connectivity index (χ4v) is 4.04. The summed E-state index contributed by atoms with van der Waals surface area (Å²) in [7, 11) is 0. The Morgan fingerprint density at radius 2 is 1.76 bits per heavy atom. The van der Waals surface area contributed by atoms with Crippen LogP contribution in [0.25, 0.3) is 0 Å². The monoisotopic (exact) mass is 415 g/mol. The molecular formula is C24H33NO3S. The molecule has 0 fully saturated rings. The van der Waals surface area contributed by atoms with Gasteiger partial charge in [0.05, 0.1) is 11.4 Å². The first-order chi connectivity index (χ1) is 13.7. The normalized spacial score (nSPS) is 12.8. The predicted octanol–water partition coefficient (Wildman–Crippen LogP) is 5.70. The smallest absolute Gasteiger partial charge is 0.317 e. The average molecular weight is 416 g/mol. The van der Waals surface area contributed by atoms with Crippen molar-refractivity contribution in [2.24, 2.45) is 0 Å². The first kappa shape index (κ1) is 23.3. The summed E-state index contributed by atoms with van der Waals surface area (Å²) < 4.78 is 6.15. The number of para-hydroxylation sites is 1. The van der Waals surface area contributed by atoms with E-state index in [1.54, 1.807) is 11.8 Å². The Morgan fingerprint density at radius 1 is 1.10 bits per heavy atom. The first-order valence-corrected chi connectivity index (χ1v) is 11.0. The highest BCUT2D eigenvalue weighted by Crippen LogP contribution is 2.36. The fourth-order valence-electron chi connectivity index (χ4n) is 3.14. The highest BCUT2D eigenvalue weighted by molar-refractivity contribution is 7.99. The van der Waals surface area contributed by atoms with Crippen molar-refractivity contribution >= 4 is 17.7 Å². The summed E-state index contributed by atoms with van der Waals surface area (Å²) in [6.07, 6.45) is 0.838. The molecule has 0 spiro atoms. The van der Waals surface area contributed by atoms with Crippen LogP contribution in [0, 0.1) is 0 Å². The van der Waals surface area contributed by atoms with Crippen LogP contribution in [0.15, 0.2) is 58.3 Å². The molecule has 4 nitrogen and oxygen atoms in total. The standard InChI is InChI=1S/C24H33NO3S/c1-6-19(25(7-2)16-23(26)27)17-28-21-10-8-9-11-22(21)29-20-14-12-18(13-15-20)24(3,4)5/h8-15,19H,6-7,16-17H2,1-5H3,(H,26,27). The zero-order valence-electron chi connectivity index (χ0n) is 18.1. The molecule has 0 saturated carbocycles. The maximum absolute atomic E-state index is 11.1. The van der Waals surface area contributed by atoms with Gasteiger partial charge in [-0.1, -0.05) is 70.6 Å². The van der Waals surface area contributed by atoms with E-state index in [1.807, 2.05) is 30.0 Å². The first-order valence-electron chi connectivity index (χ1n) is 10.2. The number of ether oxygens (including phenoxy) is 1. The molecule has 0 aliphatic rings. The van der Waals surface area contributed by atoms with E-state index in [0.29, 0.717) is 13.2 Å². The van der Waals surface area contributed by atoms with E-state index < -0.39 is 5.97 Å². The van der Waals surface area contributed by atoms with Gasteiger partial charge in [-0.15, -0.1) is 0 Å². The minimum absolute atomic E-state index is 0.0366. The minimum Gasteiger partial charge on any atom is -0.491 e. The Bertz CT molecular complexity index is 783. The molecule has 0 aromatic heterocycles. The lowest BCUT2D eigenvalue weighted by atomic mass is 9.87. The summed E-state index contributed by atoms with van der Waals surface area (Å²) in [5.41, 5.74) is 1.45. The number of carboxylic acids is 1. The van der Waals surface area contributed by atoms with E-state index >= 15 is 0 Å². The summed E-state index contributed by atoms with van der Waals surface area (Å²) >= 11 is 1.68. The zero-order valence-corrected chi connectivity index (χ0v) is 19.0. The number of rotatable bonds is 10. The molecule has 0 bridgehead atoms. The zero-order chi connectivity index (χ0) is 21.4. The van der Waals surface area contributed by atoms with Crippen molar-refractivity contribution in [1.29, 1.82) is 0 Å². The Hall–Kier alpha value is -1.98. The lowest BCUT2D eigenvalue weighted by molar-refractivity contribution is -0.139. The molecule has 0 saturated heterocycles. The number of benzene rings is 2. The maximum atomic E-state index is 11.1. The van der Waals surface area contributed by atoms with Crippen molar-refractivity contribution in [1.82, 2.24) is 4.90 Å². The fraction of sp³-hybridized carbons (Fsp3) is 0.458. The van der Waals surface area contributed by atoms with Crippen molar-refractivity contribution in [3.63, 3.8) is 0 Å². The molecule has 2 aromatic rings. The second kappa shape index (κ2) is 10.7. The Balaban J connectivity index is 2.09. The molecule has 1 atom stereocenters. The van der Waals surface area contributed by atoms with Crippen LogP contribution < -0.4 is 4.74 Å². The molecule has 0 aliphatic carbocycles. The highest BCUT2D eigenvalue weighted by Gasteiger charge is 2.19. The molecular weight excluding hydrogens is 382 g/mol. The third-order valence-corrected chi connectivity index (χ3v) is 6.03. The molecule has 2 rings (SSSR count). The van der Waals surface area contributed by atoms with E-state index in [2.05, 4.69) is 58.0 Å². The van der Waals surface area contributed by atoms with Crippen LogP contribution in [0.1, 0.15) is 46.6 Å². The van der Waals surface area contributed by atoms with Gasteiger partial charge in [-0.2, -0.15) is 0 Å². The predicted molar refractivity (Wildman–Crippen MR) is 120 cm³/mol. The van der Waals surface area contributed by atoms with Crippen LogP contribution in [0.3, 0.4) is 0 Å². The third-order valence-electron chi connectivity index (χ3n) is 4.96. The summed E-state index contributed by atoms with van der Waals surface area (Å²) in [5.74, 6) is 0.0298. The van der Waals surface area contributed by atoms with Gasteiger partial charge >= 0.3 is 5.97 Å². The van der Waals surface area contributed by atoms with Crippen molar-refractivity contribution in [2.45, 2.75) is 62.3 Å². The quantitative estimate of drug-likeness (QED) is 0.539. The van der Waals surface area contributed by atoms with Crippen molar-refractivity contribution in [3.05, 3.63) is 54.1 Å². The van der Waals surface area contributed by atoms with E-state index in [-0.39, 0.29) is 18.0 Å². The van der Waals surface area contributed by atoms with Crippen LogP contribution in [0.2, 0.25) is 0 Å². The molecule has 0 radical (unpaired) electrons. The molecule has 1 N–H and O–H groups in total. The van der Waals surface area contributed by atoms with Crippen LogP contribution >= 0.6 is 11.8 Å². The lowest BCUT2D eigenvalue weighted by Gasteiger charge is -2.28. The summed E-state index contributed by atoms with van der Waals surface area (Å²) in [6.45, 7) is 11.9. The van der Waals surface area contributed by atoms with Gasteiger partial charge in [0.2, 0.25) is 0 Å². The molecule has 2 aromatic carbocycles. The van der Waals surface area contributed by atoms with E-state index in [9.17, 15) is 4.79 Å². The number of likely N-dealkylation sites (N-methyl/N-ethyl adjacent to an activating group) is 1. The maximum Gasteiger partial charge on any atom is 0.317 e. The summed E-state index contributed by atoms with van der Waals surface area (Å²) in [5, 5.41) is 9.14. The lowest BCUT2D eigenvalue weighted by Crippen LogP contribution is -2.42. The molecule has 29 heavy (non-hydrogen) atoms. The van der Waals surface area contributed by atoms with E-state index in [1.165, 1.54) is 10.5 Å². The van der Waals surface area contributed by atoms with Gasteiger partial charge < -0.3 is 9.84 Å². The van der Waals surface area contributed by atoms with Gasteiger partial charge in [0, 0.05) is 10.9 Å². The third kappa shape index (κ3) is 7.09. The van der Waals surface area contributed by atoms with Crippen LogP contribution in [-0.2, 0) is 10.2 Å². The van der Waals surface area contributed by atoms with Gasteiger partial charge in [0.15, 0.2) is 0 Å². The van der Waals surface area contributed by atoms with Gasteiger partial charge in [0.1, 0.15) is 12.4 Å². The van der Waals surface area contributed by atoms with Crippen molar-refractivity contribution < 1.29 is 14.6 Å². The topological polar surface area (TPSA) is 49.8 Å². The second-order valence-corrected chi connectivity index (χ2v) is 9.27. The van der Waals surface area contributed by atoms with Gasteiger partial charge in [-0.25, -0.2) is 0 Å². The summed E-state index contributed by atoms with van der Waals surface area (Å²) in [4.78, 5) is 15.3. The van der Waals surface area contributed by atoms with Crippen LogP contribution in [-0.4, -0.2) is 41.7 Å². The SMILES string of the molecule is CCC(COc1ccccc1Sc1ccc(C(C)(C)C)cc1)N(CC)CC(=O)O. The Kier molecular flexibility index (Phi) is 8.60. The van der Waals surface area contributed by atoms with Crippen LogP contribution in [0.5, 0.6) is 5.75 Å². The Morgan fingerprint density at radius 3 is 2.31 bits per heavy atom. The van der Waals surface area contributed by atoms with Gasteiger partial charge in [-0.3, -0.25) is 9.69 Å². The number of hydrogen-bond donors (Lipinski definition) is 1. The molecule has 0 aliphatic heterocycles. The number of nitrogens with zero attached hydrogens (tertiary/aromatic N) is 1. The number of hydrogen-bond acceptors (Lipinski definition) is 4. The number of carboxylic acid groups (broad SMARTS) is 1. The second-order valence-electron chi connectivity index (χ2n) is 8.15. The van der Waals surface area contributed by atoms with Crippen LogP contribution in [0.4, 0.5) is 0 Å².